The molecule has 0 saturated carbocycles. The van der Waals surface area contributed by atoms with Gasteiger partial charge in [0.15, 0.2) is 0 Å². The molecule has 2 aromatic rings. The molecule has 0 bridgehead atoms. The highest BCUT2D eigenvalue weighted by Crippen LogP contribution is 2.28. The summed E-state index contributed by atoms with van der Waals surface area (Å²) < 4.78 is 0. The standard InChI is InChI=1S/C15H17N/c1-11(2)14-10-12(3)7-8-13(14)15-6-4-5-9-16-15/h4-11H,1-3H3. The van der Waals surface area contributed by atoms with Crippen LogP contribution in [0.2, 0.25) is 0 Å². The third kappa shape index (κ3) is 2.13. The summed E-state index contributed by atoms with van der Waals surface area (Å²) in [6.45, 7) is 6.58. The number of aryl methyl sites for hydroxylation is 1. The van der Waals surface area contributed by atoms with Gasteiger partial charge < -0.3 is 0 Å². The fourth-order valence-electron chi connectivity index (χ4n) is 1.92. The summed E-state index contributed by atoms with van der Waals surface area (Å²) in [6, 6.07) is 12.6. The minimum atomic E-state index is 0.525. The highest BCUT2D eigenvalue weighted by molar-refractivity contribution is 5.64. The first-order valence-corrected chi connectivity index (χ1v) is 5.70. The van der Waals surface area contributed by atoms with Gasteiger partial charge in [-0.05, 0) is 30.5 Å². The Morgan fingerprint density at radius 2 is 1.88 bits per heavy atom. The molecular formula is C15H17N. The minimum Gasteiger partial charge on any atom is -0.256 e. The second-order valence-corrected chi connectivity index (χ2v) is 4.46. The molecule has 0 N–H and O–H groups in total. The van der Waals surface area contributed by atoms with E-state index >= 15 is 0 Å². The summed E-state index contributed by atoms with van der Waals surface area (Å²) in [7, 11) is 0. The van der Waals surface area contributed by atoms with Gasteiger partial charge in [0.1, 0.15) is 0 Å². The van der Waals surface area contributed by atoms with E-state index in [4.69, 9.17) is 0 Å². The number of hydrogen-bond donors (Lipinski definition) is 0. The molecule has 82 valence electrons. The van der Waals surface area contributed by atoms with E-state index < -0.39 is 0 Å². The summed E-state index contributed by atoms with van der Waals surface area (Å²) in [5.41, 5.74) is 4.99. The van der Waals surface area contributed by atoms with Crippen molar-refractivity contribution in [3.8, 4) is 11.3 Å². The zero-order valence-corrected chi connectivity index (χ0v) is 10.1. The lowest BCUT2D eigenvalue weighted by Crippen LogP contribution is -1.94. The molecule has 0 radical (unpaired) electrons. The van der Waals surface area contributed by atoms with Crippen molar-refractivity contribution in [2.75, 3.05) is 0 Å². The molecule has 0 aliphatic carbocycles. The van der Waals surface area contributed by atoms with Crippen molar-refractivity contribution in [3.63, 3.8) is 0 Å². The van der Waals surface area contributed by atoms with Gasteiger partial charge in [0, 0.05) is 11.8 Å². The van der Waals surface area contributed by atoms with Crippen molar-refractivity contribution in [2.45, 2.75) is 26.7 Å². The molecule has 0 unspecified atom stereocenters. The van der Waals surface area contributed by atoms with E-state index in [2.05, 4.69) is 50.0 Å². The Morgan fingerprint density at radius 3 is 2.50 bits per heavy atom. The number of benzene rings is 1. The van der Waals surface area contributed by atoms with Gasteiger partial charge in [-0.2, -0.15) is 0 Å². The van der Waals surface area contributed by atoms with Crippen LogP contribution in [0.3, 0.4) is 0 Å². The lowest BCUT2D eigenvalue weighted by Gasteiger charge is -2.13. The van der Waals surface area contributed by atoms with E-state index in [1.165, 1.54) is 16.7 Å². The van der Waals surface area contributed by atoms with Crippen molar-refractivity contribution >= 4 is 0 Å². The summed E-state index contributed by atoms with van der Waals surface area (Å²) in [4.78, 5) is 4.42. The average Bonchev–Trinajstić information content (AvgIpc) is 2.30. The van der Waals surface area contributed by atoms with Crippen molar-refractivity contribution < 1.29 is 0 Å². The summed E-state index contributed by atoms with van der Waals surface area (Å²) in [5, 5.41) is 0. The zero-order valence-electron chi connectivity index (χ0n) is 10.1. The summed E-state index contributed by atoms with van der Waals surface area (Å²) >= 11 is 0. The average molecular weight is 211 g/mol. The number of rotatable bonds is 2. The highest BCUT2D eigenvalue weighted by Gasteiger charge is 2.09. The van der Waals surface area contributed by atoms with Crippen LogP contribution in [0.5, 0.6) is 0 Å². The third-order valence-corrected chi connectivity index (χ3v) is 2.77. The summed E-state index contributed by atoms with van der Waals surface area (Å²) in [6.07, 6.45) is 1.85. The third-order valence-electron chi connectivity index (χ3n) is 2.77. The molecule has 0 saturated heterocycles. The van der Waals surface area contributed by atoms with Crippen LogP contribution in [0.4, 0.5) is 0 Å². The topological polar surface area (TPSA) is 12.9 Å². The summed E-state index contributed by atoms with van der Waals surface area (Å²) in [5.74, 6) is 0.525. The maximum atomic E-state index is 4.42. The van der Waals surface area contributed by atoms with E-state index in [1.807, 2.05) is 18.3 Å². The number of aromatic nitrogens is 1. The molecule has 0 fully saturated rings. The monoisotopic (exact) mass is 211 g/mol. The van der Waals surface area contributed by atoms with Crippen LogP contribution in [0.25, 0.3) is 11.3 Å². The smallest absolute Gasteiger partial charge is 0.0704 e. The minimum absolute atomic E-state index is 0.525. The van der Waals surface area contributed by atoms with Crippen LogP contribution in [0.15, 0.2) is 42.6 Å². The van der Waals surface area contributed by atoms with Gasteiger partial charge in [0.05, 0.1) is 5.69 Å². The molecule has 1 heterocycles. The predicted octanol–water partition coefficient (Wildman–Crippen LogP) is 4.18. The van der Waals surface area contributed by atoms with Crippen LogP contribution >= 0.6 is 0 Å². The van der Waals surface area contributed by atoms with E-state index in [1.54, 1.807) is 0 Å². The first-order chi connectivity index (χ1) is 7.68. The van der Waals surface area contributed by atoms with Crippen molar-refractivity contribution in [1.29, 1.82) is 0 Å². The van der Waals surface area contributed by atoms with Gasteiger partial charge in [-0.15, -0.1) is 0 Å². The molecule has 16 heavy (non-hydrogen) atoms. The Bertz CT molecular complexity index is 472. The van der Waals surface area contributed by atoms with Crippen molar-refractivity contribution in [1.82, 2.24) is 4.98 Å². The van der Waals surface area contributed by atoms with Gasteiger partial charge in [0.25, 0.3) is 0 Å². The number of pyridine rings is 1. The molecule has 1 aromatic heterocycles. The van der Waals surface area contributed by atoms with Crippen LogP contribution in [0, 0.1) is 6.92 Å². The lowest BCUT2D eigenvalue weighted by atomic mass is 9.93. The molecule has 0 amide bonds. The Kier molecular flexibility index (Phi) is 3.04. The molecule has 2 rings (SSSR count). The van der Waals surface area contributed by atoms with E-state index in [0.29, 0.717) is 5.92 Å². The first-order valence-electron chi connectivity index (χ1n) is 5.70. The van der Waals surface area contributed by atoms with Gasteiger partial charge in [-0.3, -0.25) is 4.98 Å². The van der Waals surface area contributed by atoms with E-state index in [0.717, 1.165) is 5.69 Å². The Balaban J connectivity index is 2.57. The van der Waals surface area contributed by atoms with Crippen LogP contribution < -0.4 is 0 Å². The van der Waals surface area contributed by atoms with Gasteiger partial charge in [-0.1, -0.05) is 43.7 Å². The maximum Gasteiger partial charge on any atom is 0.0704 e. The van der Waals surface area contributed by atoms with Crippen LogP contribution in [0.1, 0.15) is 30.9 Å². The first kappa shape index (κ1) is 10.9. The maximum absolute atomic E-state index is 4.42. The SMILES string of the molecule is Cc1ccc(-c2ccccn2)c(C(C)C)c1. The van der Waals surface area contributed by atoms with E-state index in [-0.39, 0.29) is 0 Å². The quantitative estimate of drug-likeness (QED) is 0.726. The molecule has 1 aromatic carbocycles. The second-order valence-electron chi connectivity index (χ2n) is 4.46. The fraction of sp³-hybridized carbons (Fsp3) is 0.267. The Hall–Kier alpha value is -1.63. The Labute approximate surface area is 97.2 Å². The van der Waals surface area contributed by atoms with Crippen LogP contribution in [-0.4, -0.2) is 4.98 Å². The molecule has 0 atom stereocenters. The molecule has 1 heteroatoms. The number of hydrogen-bond acceptors (Lipinski definition) is 1. The van der Waals surface area contributed by atoms with Crippen LogP contribution in [-0.2, 0) is 0 Å². The normalized spacial score (nSPS) is 10.8. The zero-order chi connectivity index (χ0) is 11.5. The van der Waals surface area contributed by atoms with Gasteiger partial charge in [0.2, 0.25) is 0 Å². The number of nitrogens with zero attached hydrogens (tertiary/aromatic N) is 1. The predicted molar refractivity (Wildman–Crippen MR) is 68.5 cm³/mol. The molecule has 0 spiro atoms. The highest BCUT2D eigenvalue weighted by atomic mass is 14.7. The fourth-order valence-corrected chi connectivity index (χ4v) is 1.92. The second kappa shape index (κ2) is 4.48. The molecule has 0 aliphatic rings. The molecule has 1 nitrogen and oxygen atoms in total. The lowest BCUT2D eigenvalue weighted by molar-refractivity contribution is 0.866. The molecular weight excluding hydrogens is 194 g/mol. The van der Waals surface area contributed by atoms with E-state index in [9.17, 15) is 0 Å². The van der Waals surface area contributed by atoms with Crippen molar-refractivity contribution in [2.24, 2.45) is 0 Å². The van der Waals surface area contributed by atoms with Crippen molar-refractivity contribution in [3.05, 3.63) is 53.7 Å². The molecule has 0 aliphatic heterocycles. The Morgan fingerprint density at radius 1 is 1.06 bits per heavy atom. The largest absolute Gasteiger partial charge is 0.256 e. The van der Waals surface area contributed by atoms with Gasteiger partial charge >= 0.3 is 0 Å². The van der Waals surface area contributed by atoms with Gasteiger partial charge in [-0.25, -0.2) is 0 Å².